The molecule has 0 radical (unpaired) electrons. The summed E-state index contributed by atoms with van der Waals surface area (Å²) in [6, 6.07) is 5.09. The van der Waals surface area contributed by atoms with Crippen LogP contribution in [0.15, 0.2) is 46.2 Å². The number of hydrogen-bond donors (Lipinski definition) is 2. The molecule has 0 aliphatic carbocycles. The van der Waals surface area contributed by atoms with Crippen LogP contribution in [0.2, 0.25) is 0 Å². The maximum Gasteiger partial charge on any atom is 0.243 e. The lowest BCUT2D eigenvalue weighted by atomic mass is 10.2. The number of nitrogens with zero attached hydrogens (tertiary/aromatic N) is 2. The number of rotatable bonds is 4. The summed E-state index contributed by atoms with van der Waals surface area (Å²) in [6.07, 6.45) is 3.15. The van der Waals surface area contributed by atoms with Gasteiger partial charge in [0.2, 0.25) is 15.9 Å². The monoisotopic (exact) mass is 350 g/mol. The summed E-state index contributed by atoms with van der Waals surface area (Å²) < 4.78 is 32.1. The second-order valence-corrected chi connectivity index (χ2v) is 7.48. The lowest BCUT2D eigenvalue weighted by molar-refractivity contribution is -0.123. The fraction of sp³-hybridized carbons (Fsp3) is 0.333. The lowest BCUT2D eigenvalue weighted by Gasteiger charge is -2.22. The zero-order valence-electron chi connectivity index (χ0n) is 13.0. The molecule has 1 fully saturated rings. The van der Waals surface area contributed by atoms with Crippen LogP contribution in [0.1, 0.15) is 6.42 Å². The third-order valence-corrected chi connectivity index (χ3v) is 5.90. The average Bonchev–Trinajstić information content (AvgIpc) is 3.24. The van der Waals surface area contributed by atoms with Crippen molar-refractivity contribution in [3.05, 3.63) is 36.9 Å². The van der Waals surface area contributed by atoms with Gasteiger partial charge in [-0.25, -0.2) is 13.4 Å². The highest BCUT2D eigenvalue weighted by Crippen LogP contribution is 2.27. The molecule has 9 heteroatoms. The van der Waals surface area contributed by atoms with Crippen LogP contribution in [0.3, 0.4) is 0 Å². The minimum Gasteiger partial charge on any atom is -0.444 e. The van der Waals surface area contributed by atoms with Crippen molar-refractivity contribution < 1.29 is 17.6 Å². The smallest absolute Gasteiger partial charge is 0.243 e. The first kappa shape index (κ1) is 16.6. The number of aromatic nitrogens is 1. The number of sulfonamides is 1. The number of amides is 1. The highest BCUT2D eigenvalue weighted by atomic mass is 32.2. The summed E-state index contributed by atoms with van der Waals surface area (Å²) >= 11 is 0. The molecule has 0 saturated carbocycles. The zero-order chi connectivity index (χ0) is 17.3. The second kappa shape index (κ2) is 6.34. The number of oxazole rings is 1. The minimum absolute atomic E-state index is 0.105. The lowest BCUT2D eigenvalue weighted by Crippen LogP contribution is -2.44. The van der Waals surface area contributed by atoms with Gasteiger partial charge in [-0.05, 0) is 30.7 Å². The molecule has 0 spiro atoms. The Hall–Kier alpha value is -2.23. The van der Waals surface area contributed by atoms with E-state index >= 15 is 0 Å². The number of carbonyl (C=O) groups excluding carboxylic acids is 1. The highest BCUT2D eigenvalue weighted by molar-refractivity contribution is 7.89. The third kappa shape index (κ3) is 2.93. The van der Waals surface area contributed by atoms with Gasteiger partial charge >= 0.3 is 0 Å². The van der Waals surface area contributed by atoms with Gasteiger partial charge in [0, 0.05) is 25.2 Å². The first-order valence-electron chi connectivity index (χ1n) is 7.41. The quantitative estimate of drug-likeness (QED) is 0.812. The van der Waals surface area contributed by atoms with Gasteiger partial charge in [0.1, 0.15) is 6.04 Å². The van der Waals surface area contributed by atoms with Crippen LogP contribution in [0.5, 0.6) is 0 Å². The van der Waals surface area contributed by atoms with E-state index < -0.39 is 16.1 Å². The predicted octanol–water partition coefficient (Wildman–Crippen LogP) is 0.178. The minimum atomic E-state index is -3.82. The Morgan fingerprint density at radius 2 is 2.08 bits per heavy atom. The maximum absolute atomic E-state index is 12.9. The van der Waals surface area contributed by atoms with E-state index in [2.05, 4.69) is 10.3 Å². The van der Waals surface area contributed by atoms with Crippen molar-refractivity contribution in [3.8, 4) is 11.3 Å². The number of nitrogens with one attached hydrogen (secondary N) is 1. The van der Waals surface area contributed by atoms with Gasteiger partial charge in [-0.15, -0.1) is 0 Å². The molecule has 2 aromatic rings. The van der Waals surface area contributed by atoms with E-state index in [1.807, 2.05) is 0 Å². The maximum atomic E-state index is 12.9. The topological polar surface area (TPSA) is 119 Å². The molecule has 2 heterocycles. The predicted molar refractivity (Wildman–Crippen MR) is 86.3 cm³/mol. The van der Waals surface area contributed by atoms with Crippen molar-refractivity contribution in [3.63, 3.8) is 0 Å². The van der Waals surface area contributed by atoms with Gasteiger partial charge < -0.3 is 15.5 Å². The van der Waals surface area contributed by atoms with Crippen LogP contribution in [-0.4, -0.2) is 49.3 Å². The molecule has 24 heavy (non-hydrogen) atoms. The Balaban J connectivity index is 1.91. The second-order valence-electron chi connectivity index (χ2n) is 5.59. The van der Waals surface area contributed by atoms with Crippen molar-refractivity contribution >= 4 is 15.9 Å². The SMILES string of the molecule is CNC(=O)[C@@H]1C[C@H](N)CN1S(=O)(=O)c1ccc(-c2cnco2)cc1. The van der Waals surface area contributed by atoms with Crippen LogP contribution < -0.4 is 11.1 Å². The summed E-state index contributed by atoms with van der Waals surface area (Å²) in [7, 11) is -2.34. The molecule has 1 aliphatic heterocycles. The summed E-state index contributed by atoms with van der Waals surface area (Å²) in [5.74, 6) is 0.190. The van der Waals surface area contributed by atoms with Gasteiger partial charge in [-0.2, -0.15) is 4.31 Å². The summed E-state index contributed by atoms with van der Waals surface area (Å²) in [5, 5.41) is 2.49. The molecule has 8 nitrogen and oxygen atoms in total. The molecule has 3 rings (SSSR count). The van der Waals surface area contributed by atoms with E-state index in [4.69, 9.17) is 10.2 Å². The fourth-order valence-corrected chi connectivity index (χ4v) is 4.45. The number of nitrogens with two attached hydrogens (primary N) is 1. The zero-order valence-corrected chi connectivity index (χ0v) is 13.9. The van der Waals surface area contributed by atoms with Crippen LogP contribution in [0.25, 0.3) is 11.3 Å². The van der Waals surface area contributed by atoms with E-state index in [1.165, 1.54) is 29.9 Å². The highest BCUT2D eigenvalue weighted by Gasteiger charge is 2.42. The molecule has 1 aromatic heterocycles. The largest absolute Gasteiger partial charge is 0.444 e. The van der Waals surface area contributed by atoms with Gasteiger partial charge in [0.05, 0.1) is 11.1 Å². The molecular formula is C15H18N4O4S. The normalized spacial score (nSPS) is 21.8. The number of carbonyl (C=O) groups is 1. The first-order chi connectivity index (χ1) is 11.4. The number of likely N-dealkylation sites (N-methyl/N-ethyl adjacent to an activating group) is 1. The molecule has 128 valence electrons. The Morgan fingerprint density at radius 1 is 1.38 bits per heavy atom. The first-order valence-corrected chi connectivity index (χ1v) is 8.85. The molecule has 2 atom stereocenters. The molecular weight excluding hydrogens is 332 g/mol. The number of benzene rings is 1. The Bertz CT molecular complexity index is 818. The molecule has 0 unspecified atom stereocenters. The molecule has 1 amide bonds. The Labute approximate surface area is 139 Å². The molecule has 0 bridgehead atoms. The van der Waals surface area contributed by atoms with E-state index in [-0.39, 0.29) is 23.4 Å². The van der Waals surface area contributed by atoms with Crippen LogP contribution in [0.4, 0.5) is 0 Å². The van der Waals surface area contributed by atoms with Crippen molar-refractivity contribution in [2.24, 2.45) is 5.73 Å². The standard InChI is InChI=1S/C15H18N4O4S/c1-17-15(20)13-6-11(16)8-19(13)24(21,22)12-4-2-10(3-5-12)14-7-18-9-23-14/h2-5,7,9,11,13H,6,8,16H2,1H3,(H,17,20)/t11-,13-/m0/s1. The van der Waals surface area contributed by atoms with Gasteiger partial charge in [0.25, 0.3) is 0 Å². The van der Waals surface area contributed by atoms with E-state index in [0.29, 0.717) is 17.7 Å². The summed E-state index contributed by atoms with van der Waals surface area (Å²) in [4.78, 5) is 15.9. The van der Waals surface area contributed by atoms with Gasteiger partial charge in [0.15, 0.2) is 12.2 Å². The van der Waals surface area contributed by atoms with E-state index in [9.17, 15) is 13.2 Å². The number of hydrogen-bond acceptors (Lipinski definition) is 6. The van der Waals surface area contributed by atoms with Crippen molar-refractivity contribution in [1.29, 1.82) is 0 Å². The Morgan fingerprint density at radius 3 is 2.67 bits per heavy atom. The summed E-state index contributed by atoms with van der Waals surface area (Å²) in [5.41, 5.74) is 6.58. The third-order valence-electron chi connectivity index (χ3n) is 4.01. The van der Waals surface area contributed by atoms with Crippen LogP contribution in [0, 0.1) is 0 Å². The van der Waals surface area contributed by atoms with Crippen molar-refractivity contribution in [2.45, 2.75) is 23.4 Å². The molecule has 1 aromatic carbocycles. The van der Waals surface area contributed by atoms with Gasteiger partial charge in [-0.1, -0.05) is 0 Å². The molecule has 1 aliphatic rings. The molecule has 1 saturated heterocycles. The average molecular weight is 350 g/mol. The fourth-order valence-electron chi connectivity index (χ4n) is 2.79. The van der Waals surface area contributed by atoms with Crippen LogP contribution >= 0.6 is 0 Å². The van der Waals surface area contributed by atoms with E-state index in [1.54, 1.807) is 18.3 Å². The van der Waals surface area contributed by atoms with E-state index in [0.717, 1.165) is 0 Å². The van der Waals surface area contributed by atoms with Gasteiger partial charge in [-0.3, -0.25) is 4.79 Å². The van der Waals surface area contributed by atoms with Crippen LogP contribution in [-0.2, 0) is 14.8 Å². The Kier molecular flexibility index (Phi) is 4.39. The summed E-state index contributed by atoms with van der Waals surface area (Å²) in [6.45, 7) is 0.115. The van der Waals surface area contributed by atoms with Crippen molar-refractivity contribution in [2.75, 3.05) is 13.6 Å². The molecule has 3 N–H and O–H groups in total. The van der Waals surface area contributed by atoms with Crippen molar-refractivity contribution in [1.82, 2.24) is 14.6 Å².